The van der Waals surface area contributed by atoms with E-state index in [-0.39, 0.29) is 6.17 Å². The summed E-state index contributed by atoms with van der Waals surface area (Å²) in [4.78, 5) is 0. The van der Waals surface area contributed by atoms with Gasteiger partial charge in [0.05, 0.1) is 11.8 Å². The van der Waals surface area contributed by atoms with Gasteiger partial charge in [-0.05, 0) is 19.4 Å². The van der Waals surface area contributed by atoms with E-state index >= 15 is 0 Å². The van der Waals surface area contributed by atoms with Crippen molar-refractivity contribution in [1.82, 2.24) is 9.78 Å². The fraction of sp³-hybridized carbons (Fsp3) is 0.308. The largest absolute Gasteiger partial charge is 0.387 e. The Labute approximate surface area is 105 Å². The third kappa shape index (κ3) is 1.64. The van der Waals surface area contributed by atoms with E-state index in [4.69, 9.17) is 0 Å². The molecule has 0 saturated heterocycles. The van der Waals surface area contributed by atoms with Crippen molar-refractivity contribution < 1.29 is 5.11 Å². The molecule has 1 aliphatic heterocycles. The number of aliphatic hydroxyl groups excluding tert-OH is 1. The highest BCUT2D eigenvalue weighted by Crippen LogP contribution is 2.35. The van der Waals surface area contributed by atoms with Crippen molar-refractivity contribution in [2.24, 2.45) is 10.2 Å². The van der Waals surface area contributed by atoms with Crippen LogP contribution < -0.4 is 0 Å². The number of aliphatic hydroxyl groups is 1. The highest BCUT2D eigenvalue weighted by atomic mass is 16.3. The third-order valence-corrected chi connectivity index (χ3v) is 3.13. The number of hydrogen-bond donors (Lipinski definition) is 1. The average Bonchev–Trinajstić information content (AvgIpc) is 2.89. The number of aryl methyl sites for hydroxylation is 1. The molecule has 2 atom stereocenters. The number of nitrogens with zero attached hydrogens (tertiary/aromatic N) is 4. The summed E-state index contributed by atoms with van der Waals surface area (Å²) in [6, 6.07) is 9.82. The first-order valence-electron chi connectivity index (χ1n) is 5.90. The Morgan fingerprint density at radius 1 is 1.33 bits per heavy atom. The first-order valence-corrected chi connectivity index (χ1v) is 5.90. The van der Waals surface area contributed by atoms with Gasteiger partial charge in [-0.25, -0.2) is 4.68 Å². The van der Waals surface area contributed by atoms with E-state index in [1.54, 1.807) is 17.7 Å². The molecular formula is C13H14N4O. The Morgan fingerprint density at radius 2 is 2.11 bits per heavy atom. The lowest BCUT2D eigenvalue weighted by Crippen LogP contribution is -2.08. The number of azo groups is 1. The number of rotatable bonds is 2. The lowest BCUT2D eigenvalue weighted by atomic mass is 10.1. The molecule has 1 N–H and O–H groups in total. The summed E-state index contributed by atoms with van der Waals surface area (Å²) in [5.41, 5.74) is 2.87. The van der Waals surface area contributed by atoms with Gasteiger partial charge in [0.1, 0.15) is 0 Å². The van der Waals surface area contributed by atoms with Crippen LogP contribution in [0.1, 0.15) is 36.0 Å². The van der Waals surface area contributed by atoms with E-state index in [0.29, 0.717) is 11.5 Å². The molecule has 1 aliphatic rings. The van der Waals surface area contributed by atoms with Crippen molar-refractivity contribution in [3.05, 3.63) is 47.2 Å². The van der Waals surface area contributed by atoms with Crippen LogP contribution >= 0.6 is 0 Å². The molecule has 2 unspecified atom stereocenters. The lowest BCUT2D eigenvalue weighted by molar-refractivity contribution is 0.193. The standard InChI is InChI=1S/C13H14N4O/c1-8-5-3-4-6-10(8)13-15-14-12-7-11(9(2)18)16-17(12)13/h3-7,9,13,18H,1-2H3. The summed E-state index contributed by atoms with van der Waals surface area (Å²) < 4.78 is 1.75. The van der Waals surface area contributed by atoms with Crippen LogP contribution in [0.25, 0.3) is 0 Å². The molecule has 92 valence electrons. The molecule has 1 aromatic carbocycles. The number of hydrogen-bond acceptors (Lipinski definition) is 4. The van der Waals surface area contributed by atoms with E-state index in [9.17, 15) is 5.11 Å². The van der Waals surface area contributed by atoms with Gasteiger partial charge in [-0.2, -0.15) is 10.2 Å². The highest BCUT2D eigenvalue weighted by Gasteiger charge is 2.25. The van der Waals surface area contributed by atoms with Gasteiger partial charge in [-0.1, -0.05) is 24.3 Å². The van der Waals surface area contributed by atoms with Crippen molar-refractivity contribution in [2.45, 2.75) is 26.1 Å². The Morgan fingerprint density at radius 3 is 2.83 bits per heavy atom. The maximum atomic E-state index is 9.54. The van der Waals surface area contributed by atoms with Gasteiger partial charge in [0.15, 0.2) is 12.0 Å². The van der Waals surface area contributed by atoms with E-state index in [0.717, 1.165) is 11.1 Å². The maximum absolute atomic E-state index is 9.54. The minimum absolute atomic E-state index is 0.214. The molecule has 5 nitrogen and oxygen atoms in total. The first kappa shape index (κ1) is 11.1. The number of aromatic nitrogens is 2. The lowest BCUT2D eigenvalue weighted by Gasteiger charge is -2.11. The molecular weight excluding hydrogens is 228 g/mol. The molecule has 0 fully saturated rings. The van der Waals surface area contributed by atoms with E-state index < -0.39 is 6.10 Å². The van der Waals surface area contributed by atoms with E-state index in [1.165, 1.54) is 0 Å². The average molecular weight is 242 g/mol. The second-order valence-corrected chi connectivity index (χ2v) is 4.49. The van der Waals surface area contributed by atoms with Gasteiger partial charge in [0.2, 0.25) is 0 Å². The molecule has 0 amide bonds. The van der Waals surface area contributed by atoms with Crippen molar-refractivity contribution in [2.75, 3.05) is 0 Å². The highest BCUT2D eigenvalue weighted by molar-refractivity contribution is 5.38. The molecule has 0 radical (unpaired) electrons. The molecule has 2 heterocycles. The first-order chi connectivity index (χ1) is 8.66. The zero-order valence-corrected chi connectivity index (χ0v) is 10.3. The van der Waals surface area contributed by atoms with Gasteiger partial charge in [0, 0.05) is 11.6 Å². The van der Waals surface area contributed by atoms with Crippen LogP contribution in [0.2, 0.25) is 0 Å². The summed E-state index contributed by atoms with van der Waals surface area (Å²) in [5.74, 6) is 0.694. The fourth-order valence-corrected chi connectivity index (χ4v) is 2.09. The SMILES string of the molecule is Cc1ccccc1C1N=Nc2cc(C(C)O)nn21. The molecule has 3 rings (SSSR count). The van der Waals surface area contributed by atoms with Crippen molar-refractivity contribution in [3.63, 3.8) is 0 Å². The predicted molar refractivity (Wildman–Crippen MR) is 66.7 cm³/mol. The van der Waals surface area contributed by atoms with Crippen molar-refractivity contribution in [3.8, 4) is 0 Å². The normalized spacial score (nSPS) is 18.9. The summed E-state index contributed by atoms with van der Waals surface area (Å²) in [6.07, 6.45) is -0.801. The third-order valence-electron chi connectivity index (χ3n) is 3.13. The molecule has 2 aromatic rings. The monoisotopic (exact) mass is 242 g/mol. The van der Waals surface area contributed by atoms with Crippen molar-refractivity contribution >= 4 is 5.82 Å². The van der Waals surface area contributed by atoms with Gasteiger partial charge in [0.25, 0.3) is 0 Å². The Balaban J connectivity index is 2.05. The van der Waals surface area contributed by atoms with E-state index in [1.807, 2.05) is 31.2 Å². The van der Waals surface area contributed by atoms with E-state index in [2.05, 4.69) is 15.3 Å². The quantitative estimate of drug-likeness (QED) is 0.880. The van der Waals surface area contributed by atoms with Crippen LogP contribution in [0, 0.1) is 6.92 Å². The minimum Gasteiger partial charge on any atom is -0.387 e. The maximum Gasteiger partial charge on any atom is 0.190 e. The van der Waals surface area contributed by atoms with Crippen LogP contribution in [-0.2, 0) is 0 Å². The topological polar surface area (TPSA) is 62.8 Å². The zero-order valence-electron chi connectivity index (χ0n) is 10.3. The van der Waals surface area contributed by atoms with Crippen LogP contribution in [0.5, 0.6) is 0 Å². The number of fused-ring (bicyclic) bond motifs is 1. The fourth-order valence-electron chi connectivity index (χ4n) is 2.09. The smallest absolute Gasteiger partial charge is 0.190 e. The zero-order chi connectivity index (χ0) is 12.7. The summed E-state index contributed by atoms with van der Waals surface area (Å²) in [6.45, 7) is 3.74. The van der Waals surface area contributed by atoms with Crippen LogP contribution in [0.3, 0.4) is 0 Å². The molecule has 0 bridgehead atoms. The van der Waals surface area contributed by atoms with Crippen molar-refractivity contribution in [1.29, 1.82) is 0 Å². The van der Waals surface area contributed by atoms with Gasteiger partial charge in [-0.15, -0.1) is 5.11 Å². The number of benzene rings is 1. The molecule has 0 spiro atoms. The second-order valence-electron chi connectivity index (χ2n) is 4.49. The Kier molecular flexibility index (Phi) is 2.48. The summed E-state index contributed by atoms with van der Waals surface area (Å²) >= 11 is 0. The Hall–Kier alpha value is -2.01. The van der Waals surface area contributed by atoms with Gasteiger partial charge < -0.3 is 5.11 Å². The Bertz CT molecular complexity index is 615. The second kappa shape index (κ2) is 4.03. The summed E-state index contributed by atoms with van der Waals surface area (Å²) in [7, 11) is 0. The minimum atomic E-state index is -0.587. The molecule has 0 saturated carbocycles. The van der Waals surface area contributed by atoms with Crippen LogP contribution in [0.4, 0.5) is 5.82 Å². The molecule has 5 heteroatoms. The van der Waals surface area contributed by atoms with Crippen LogP contribution in [-0.4, -0.2) is 14.9 Å². The van der Waals surface area contributed by atoms with Gasteiger partial charge >= 0.3 is 0 Å². The summed E-state index contributed by atoms with van der Waals surface area (Å²) in [5, 5.41) is 22.3. The predicted octanol–water partition coefficient (Wildman–Crippen LogP) is 2.89. The van der Waals surface area contributed by atoms with Gasteiger partial charge in [-0.3, -0.25) is 0 Å². The molecule has 18 heavy (non-hydrogen) atoms. The molecule has 0 aliphatic carbocycles. The van der Waals surface area contributed by atoms with Crippen LogP contribution in [0.15, 0.2) is 40.6 Å². The molecule has 1 aromatic heterocycles.